The van der Waals surface area contributed by atoms with Crippen LogP contribution in [0.4, 0.5) is 0 Å². The van der Waals surface area contributed by atoms with E-state index in [-0.39, 0.29) is 5.91 Å². The number of primary amides is 1. The lowest BCUT2D eigenvalue weighted by atomic mass is 10.0. The molecule has 0 aromatic heterocycles. The van der Waals surface area contributed by atoms with Gasteiger partial charge in [0.05, 0.1) is 0 Å². The van der Waals surface area contributed by atoms with Crippen molar-refractivity contribution in [2.45, 2.75) is 6.54 Å². The van der Waals surface area contributed by atoms with Gasteiger partial charge in [-0.3, -0.25) is 9.59 Å². The van der Waals surface area contributed by atoms with Gasteiger partial charge in [0.1, 0.15) is 0 Å². The molecule has 0 saturated heterocycles. The van der Waals surface area contributed by atoms with E-state index in [2.05, 4.69) is 18.2 Å². The molecule has 0 heterocycles. The number of amides is 2. The summed E-state index contributed by atoms with van der Waals surface area (Å²) in [6.07, 6.45) is 0. The van der Waals surface area contributed by atoms with Gasteiger partial charge in [-0.05, 0) is 40.6 Å². The number of fused-ring (bicyclic) bond motifs is 1. The maximum absolute atomic E-state index is 12.6. The maximum atomic E-state index is 12.6. The van der Waals surface area contributed by atoms with E-state index in [0.717, 1.165) is 16.3 Å². The van der Waals surface area contributed by atoms with Gasteiger partial charge in [-0.15, -0.1) is 0 Å². The van der Waals surface area contributed by atoms with Gasteiger partial charge in [0.2, 0.25) is 5.91 Å². The summed E-state index contributed by atoms with van der Waals surface area (Å²) in [6, 6.07) is 20.6. The number of rotatable bonds is 4. The Balaban J connectivity index is 1.82. The lowest BCUT2D eigenvalue weighted by Crippen LogP contribution is -2.26. The van der Waals surface area contributed by atoms with Crippen LogP contribution in [0, 0.1) is 0 Å². The zero-order chi connectivity index (χ0) is 17.1. The number of nitrogens with zero attached hydrogens (tertiary/aromatic N) is 1. The van der Waals surface area contributed by atoms with Gasteiger partial charge in [-0.25, -0.2) is 0 Å². The Labute approximate surface area is 140 Å². The Bertz CT molecular complexity index is 896. The lowest BCUT2D eigenvalue weighted by Gasteiger charge is -2.18. The van der Waals surface area contributed by atoms with E-state index in [1.165, 1.54) is 0 Å². The average Bonchev–Trinajstić information content (AvgIpc) is 2.61. The topological polar surface area (TPSA) is 63.4 Å². The molecule has 3 aromatic carbocycles. The molecule has 0 saturated carbocycles. The van der Waals surface area contributed by atoms with Crippen molar-refractivity contribution in [1.29, 1.82) is 0 Å². The molecule has 4 heteroatoms. The standard InChI is InChI=1S/C20H18N2O2/c1-22(20(24)16-11-9-15(10-12-16)19(21)23)13-17-7-4-6-14-5-2-3-8-18(14)17/h2-12H,13H2,1H3,(H2,21,23). The predicted molar refractivity (Wildman–Crippen MR) is 94.7 cm³/mol. The summed E-state index contributed by atoms with van der Waals surface area (Å²) >= 11 is 0. The molecule has 0 fully saturated rings. The summed E-state index contributed by atoms with van der Waals surface area (Å²) in [6.45, 7) is 0.512. The third kappa shape index (κ3) is 3.13. The highest BCUT2D eigenvalue weighted by atomic mass is 16.2. The first-order valence-corrected chi connectivity index (χ1v) is 7.68. The molecule has 120 valence electrons. The summed E-state index contributed by atoms with van der Waals surface area (Å²) in [4.78, 5) is 25.4. The minimum absolute atomic E-state index is 0.0982. The van der Waals surface area contributed by atoms with Gasteiger partial charge >= 0.3 is 0 Å². The Hall–Kier alpha value is -3.14. The molecule has 2 amide bonds. The van der Waals surface area contributed by atoms with Crippen LogP contribution in [0.5, 0.6) is 0 Å². The molecule has 0 atom stereocenters. The van der Waals surface area contributed by atoms with Crippen LogP contribution in [-0.2, 0) is 6.54 Å². The summed E-state index contributed by atoms with van der Waals surface area (Å²) in [5.74, 6) is -0.600. The van der Waals surface area contributed by atoms with Crippen LogP contribution in [0.1, 0.15) is 26.3 Å². The van der Waals surface area contributed by atoms with Gasteiger partial charge in [-0.2, -0.15) is 0 Å². The molecule has 0 aliphatic rings. The van der Waals surface area contributed by atoms with Gasteiger partial charge in [0, 0.05) is 24.7 Å². The second-order valence-electron chi connectivity index (χ2n) is 5.74. The van der Waals surface area contributed by atoms with Crippen LogP contribution in [0.3, 0.4) is 0 Å². The van der Waals surface area contributed by atoms with Crippen molar-refractivity contribution >= 4 is 22.6 Å². The molecule has 4 nitrogen and oxygen atoms in total. The molecular formula is C20H18N2O2. The molecule has 24 heavy (non-hydrogen) atoms. The molecule has 3 aromatic rings. The molecule has 0 bridgehead atoms. The quantitative estimate of drug-likeness (QED) is 0.803. The van der Waals surface area contributed by atoms with Crippen LogP contribution in [-0.4, -0.2) is 23.8 Å². The SMILES string of the molecule is CN(Cc1cccc2ccccc12)C(=O)c1ccc(C(N)=O)cc1. The van der Waals surface area contributed by atoms with Crippen molar-refractivity contribution < 1.29 is 9.59 Å². The zero-order valence-corrected chi connectivity index (χ0v) is 13.4. The van der Waals surface area contributed by atoms with E-state index < -0.39 is 5.91 Å². The van der Waals surface area contributed by atoms with E-state index in [0.29, 0.717) is 17.7 Å². The second kappa shape index (κ2) is 6.54. The van der Waals surface area contributed by atoms with E-state index in [4.69, 9.17) is 5.73 Å². The van der Waals surface area contributed by atoms with Crippen LogP contribution in [0.25, 0.3) is 10.8 Å². The Morgan fingerprint density at radius 3 is 2.21 bits per heavy atom. The number of hydrogen-bond donors (Lipinski definition) is 1. The van der Waals surface area contributed by atoms with Crippen molar-refractivity contribution in [2.24, 2.45) is 5.73 Å². The average molecular weight is 318 g/mol. The fraction of sp³-hybridized carbons (Fsp3) is 0.100. The van der Waals surface area contributed by atoms with Gasteiger partial charge in [-0.1, -0.05) is 42.5 Å². The summed E-state index contributed by atoms with van der Waals surface area (Å²) in [5, 5.41) is 2.30. The highest BCUT2D eigenvalue weighted by Crippen LogP contribution is 2.20. The van der Waals surface area contributed by atoms with Crippen LogP contribution >= 0.6 is 0 Å². The molecule has 0 spiro atoms. The highest BCUT2D eigenvalue weighted by Gasteiger charge is 2.13. The van der Waals surface area contributed by atoms with E-state index in [9.17, 15) is 9.59 Å². The van der Waals surface area contributed by atoms with Crippen LogP contribution < -0.4 is 5.73 Å². The molecule has 0 radical (unpaired) electrons. The molecule has 0 aliphatic carbocycles. The minimum Gasteiger partial charge on any atom is -0.366 e. The first-order chi connectivity index (χ1) is 11.6. The van der Waals surface area contributed by atoms with Crippen LogP contribution in [0.15, 0.2) is 66.7 Å². The number of nitrogens with two attached hydrogens (primary N) is 1. The van der Waals surface area contributed by atoms with E-state index in [1.807, 2.05) is 24.3 Å². The van der Waals surface area contributed by atoms with Crippen molar-refractivity contribution in [3.05, 3.63) is 83.4 Å². The molecular weight excluding hydrogens is 300 g/mol. The fourth-order valence-corrected chi connectivity index (χ4v) is 2.76. The summed E-state index contributed by atoms with van der Waals surface area (Å²) in [5.41, 5.74) is 7.24. The Kier molecular flexibility index (Phi) is 4.29. The Morgan fingerprint density at radius 2 is 1.50 bits per heavy atom. The molecule has 3 rings (SSSR count). The minimum atomic E-state index is -0.502. The van der Waals surface area contributed by atoms with Crippen molar-refractivity contribution in [3.63, 3.8) is 0 Å². The lowest BCUT2D eigenvalue weighted by molar-refractivity contribution is 0.0785. The summed E-state index contributed by atoms with van der Waals surface area (Å²) < 4.78 is 0. The molecule has 0 aliphatic heterocycles. The first-order valence-electron chi connectivity index (χ1n) is 7.68. The van der Waals surface area contributed by atoms with E-state index in [1.54, 1.807) is 36.2 Å². The molecule has 0 unspecified atom stereocenters. The van der Waals surface area contributed by atoms with Gasteiger partial charge < -0.3 is 10.6 Å². The van der Waals surface area contributed by atoms with Crippen LogP contribution in [0.2, 0.25) is 0 Å². The molecule has 2 N–H and O–H groups in total. The normalized spacial score (nSPS) is 10.5. The van der Waals surface area contributed by atoms with Crippen molar-refractivity contribution in [2.75, 3.05) is 7.05 Å². The van der Waals surface area contributed by atoms with Crippen molar-refractivity contribution in [3.8, 4) is 0 Å². The summed E-state index contributed by atoms with van der Waals surface area (Å²) in [7, 11) is 1.77. The third-order valence-corrected chi connectivity index (χ3v) is 4.05. The van der Waals surface area contributed by atoms with Crippen molar-refractivity contribution in [1.82, 2.24) is 4.90 Å². The Morgan fingerprint density at radius 1 is 0.875 bits per heavy atom. The zero-order valence-electron chi connectivity index (χ0n) is 13.4. The first kappa shape index (κ1) is 15.7. The van der Waals surface area contributed by atoms with E-state index >= 15 is 0 Å². The monoisotopic (exact) mass is 318 g/mol. The van der Waals surface area contributed by atoms with Gasteiger partial charge in [0.15, 0.2) is 0 Å². The number of benzene rings is 3. The number of hydrogen-bond acceptors (Lipinski definition) is 2. The largest absolute Gasteiger partial charge is 0.366 e. The third-order valence-electron chi connectivity index (χ3n) is 4.05. The highest BCUT2D eigenvalue weighted by molar-refractivity contribution is 5.97. The smallest absolute Gasteiger partial charge is 0.253 e. The number of carbonyl (C=O) groups is 2. The van der Waals surface area contributed by atoms with Gasteiger partial charge in [0.25, 0.3) is 5.91 Å². The predicted octanol–water partition coefficient (Wildman–Crippen LogP) is 3.21. The maximum Gasteiger partial charge on any atom is 0.253 e. The fourth-order valence-electron chi connectivity index (χ4n) is 2.76. The number of carbonyl (C=O) groups excluding carboxylic acids is 2. The second-order valence-corrected chi connectivity index (χ2v) is 5.74.